The number of fused-ring (bicyclic) bond motifs is 2. The van der Waals surface area contributed by atoms with Crippen LogP contribution in [-0.2, 0) is 62.4 Å². The van der Waals surface area contributed by atoms with E-state index in [-0.39, 0.29) is 81.3 Å². The summed E-state index contributed by atoms with van der Waals surface area (Å²) >= 11 is 1.74. The molecule has 0 aliphatic rings. The molecule has 0 saturated heterocycles. The number of halogens is 4. The normalized spacial score (nSPS) is 9.26. The molecule has 0 amide bonds. The molecule has 220 valence electrons. The molecule has 0 unspecified atom stereocenters. The van der Waals surface area contributed by atoms with Crippen LogP contribution in [0.1, 0.15) is 25.0 Å². The van der Waals surface area contributed by atoms with Gasteiger partial charge in [0.05, 0.1) is 0 Å². The zero-order valence-corrected chi connectivity index (χ0v) is 33.9. The summed E-state index contributed by atoms with van der Waals surface area (Å²) in [6, 6.07) is 43.5. The maximum atomic E-state index is 2.32. The Morgan fingerprint density at radius 1 is 0.535 bits per heavy atom. The molecule has 0 saturated carbocycles. The van der Waals surface area contributed by atoms with Crippen LogP contribution in [0, 0.1) is 0 Å². The maximum absolute atomic E-state index is 2.32. The maximum Gasteiger partial charge on any atom is 4.00 e. The van der Waals surface area contributed by atoms with Gasteiger partial charge in [-0.1, -0.05) is 97.8 Å². The molecule has 0 fully saturated rings. The minimum atomic E-state index is 0. The predicted octanol–water partition coefficient (Wildman–Crippen LogP) is -1.63. The Balaban J connectivity index is 0. The van der Waals surface area contributed by atoms with Gasteiger partial charge in [-0.25, -0.2) is 0 Å². The van der Waals surface area contributed by atoms with Gasteiger partial charge in [-0.3, -0.25) is 0 Å². The number of rotatable bonds is 4. The van der Waals surface area contributed by atoms with E-state index in [0.29, 0.717) is 0 Å². The first kappa shape index (κ1) is 44.4. The van der Waals surface area contributed by atoms with E-state index in [9.17, 15) is 0 Å². The summed E-state index contributed by atoms with van der Waals surface area (Å²) in [5.41, 5.74) is 8.32. The van der Waals surface area contributed by atoms with Gasteiger partial charge in [0.25, 0.3) is 0 Å². The molecular formula is C36H36Cl4SiZr2. The third-order valence-corrected chi connectivity index (χ3v) is 6.61. The fraction of sp³-hybridized carbons (Fsp3) is 0.167. The van der Waals surface area contributed by atoms with Crippen LogP contribution in [0.5, 0.6) is 0 Å². The Kier molecular flexibility index (Phi) is 23.4. The van der Waals surface area contributed by atoms with E-state index in [4.69, 9.17) is 0 Å². The second-order valence-corrected chi connectivity index (χ2v) is 19.2. The molecule has 0 heterocycles. The quantitative estimate of drug-likeness (QED) is 0.148. The van der Waals surface area contributed by atoms with E-state index >= 15 is 0 Å². The van der Waals surface area contributed by atoms with Crippen LogP contribution in [0.2, 0.25) is 13.1 Å². The van der Waals surface area contributed by atoms with Gasteiger partial charge in [-0.05, 0) is 24.0 Å². The topological polar surface area (TPSA) is 0 Å². The molecule has 0 spiro atoms. The summed E-state index contributed by atoms with van der Waals surface area (Å²) in [6.45, 7) is 9.03. The first-order valence-electron chi connectivity index (χ1n) is 13.5. The summed E-state index contributed by atoms with van der Waals surface area (Å²) < 4.78 is 0. The van der Waals surface area contributed by atoms with Crippen molar-refractivity contribution in [3.63, 3.8) is 0 Å². The van der Waals surface area contributed by atoms with E-state index in [1.807, 2.05) is 0 Å². The predicted molar refractivity (Wildman–Crippen MR) is 166 cm³/mol. The van der Waals surface area contributed by atoms with Crippen molar-refractivity contribution in [2.75, 3.05) is 0 Å². The Bertz CT molecular complexity index is 1510. The van der Waals surface area contributed by atoms with Crippen molar-refractivity contribution >= 4 is 27.0 Å². The number of hydrogen-bond acceptors (Lipinski definition) is 0. The smallest absolute Gasteiger partial charge is 1.00 e. The van der Waals surface area contributed by atoms with Gasteiger partial charge in [-0.2, -0.15) is 12.1 Å². The molecule has 0 aliphatic carbocycles. The van der Waals surface area contributed by atoms with Gasteiger partial charge in [0, 0.05) is 0 Å². The first-order valence-corrected chi connectivity index (χ1v) is 19.7. The van der Waals surface area contributed by atoms with Gasteiger partial charge >= 0.3 is 68.1 Å². The number of aryl methyl sites for hydroxylation is 2. The van der Waals surface area contributed by atoms with E-state index in [2.05, 4.69) is 148 Å². The average Bonchev–Trinajstić information content (AvgIpc) is 3.58. The third kappa shape index (κ3) is 12.5. The van der Waals surface area contributed by atoms with Gasteiger partial charge in [0.1, 0.15) is 0 Å². The molecule has 0 atom stereocenters. The molecule has 6 rings (SSSR count). The molecule has 6 aromatic rings. The average molecular weight is 821 g/mol. The van der Waals surface area contributed by atoms with Crippen LogP contribution in [0.4, 0.5) is 0 Å². The van der Waals surface area contributed by atoms with Crippen molar-refractivity contribution in [1.29, 1.82) is 0 Å². The zero-order chi connectivity index (χ0) is 26.9. The molecular weight excluding hydrogens is 785 g/mol. The molecule has 0 radical (unpaired) electrons. The molecule has 0 aliphatic heterocycles. The summed E-state index contributed by atoms with van der Waals surface area (Å²) in [7, 11) is 0. The minimum absolute atomic E-state index is 0. The molecule has 0 aromatic heterocycles. The first-order chi connectivity index (χ1) is 18.5. The summed E-state index contributed by atoms with van der Waals surface area (Å²) in [5.74, 6) is 0. The fourth-order valence-corrected chi connectivity index (χ4v) is 4.74. The van der Waals surface area contributed by atoms with Crippen molar-refractivity contribution in [3.05, 3.63) is 132 Å². The van der Waals surface area contributed by atoms with Crippen molar-refractivity contribution < 1.29 is 99.2 Å². The summed E-state index contributed by atoms with van der Waals surface area (Å²) in [6.07, 6.45) is 2.20. The van der Waals surface area contributed by atoms with Crippen LogP contribution >= 0.6 is 0 Å². The van der Waals surface area contributed by atoms with Gasteiger partial charge < -0.3 is 49.6 Å². The number of hydrogen-bond donors (Lipinski definition) is 0. The van der Waals surface area contributed by atoms with Gasteiger partial charge in [0.2, 0.25) is 0 Å². The summed E-state index contributed by atoms with van der Waals surface area (Å²) in [5, 5.41) is 5.44. The van der Waals surface area contributed by atoms with E-state index in [0.717, 1.165) is 12.8 Å². The van der Waals surface area contributed by atoms with Crippen LogP contribution in [0.3, 0.4) is 0 Å². The monoisotopic (exact) mass is 816 g/mol. The van der Waals surface area contributed by atoms with Gasteiger partial charge in [0.15, 0.2) is 0 Å². The molecule has 43 heavy (non-hydrogen) atoms. The zero-order valence-electron chi connectivity index (χ0n) is 25.0. The van der Waals surface area contributed by atoms with E-state index in [1.54, 1.807) is 23.3 Å². The molecule has 0 bridgehead atoms. The second kappa shape index (κ2) is 22.7. The molecule has 0 N–H and O–H groups in total. The molecule has 7 heteroatoms. The van der Waals surface area contributed by atoms with Crippen molar-refractivity contribution in [2.45, 2.75) is 39.8 Å². The third-order valence-electron chi connectivity index (χ3n) is 6.61. The minimum Gasteiger partial charge on any atom is -1.00 e. The largest absolute Gasteiger partial charge is 4.00 e. The SMILES string of the molecule is CCc1cc2c(-c3ccccc3)cccc2[cH-]1.CCc1cc2c(-c3ccccc3)cccc2[cH-]1.C[Si](C)=[Zr+2].[Cl-].[Cl-].[Cl-].[Cl-].[Zr+4]. The van der Waals surface area contributed by atoms with Crippen LogP contribution in [0.25, 0.3) is 43.8 Å². The fourth-order valence-electron chi connectivity index (χ4n) is 4.74. The molecule has 0 nitrogen and oxygen atoms in total. The Hall–Kier alpha value is -0.757. The summed E-state index contributed by atoms with van der Waals surface area (Å²) in [4.78, 5) is 0. The molecule has 6 aromatic carbocycles. The Labute approximate surface area is 317 Å². The van der Waals surface area contributed by atoms with Crippen molar-refractivity contribution in [3.8, 4) is 22.3 Å². The van der Waals surface area contributed by atoms with E-state index < -0.39 is 0 Å². The van der Waals surface area contributed by atoms with Gasteiger partial charge in [-0.15, -0.1) is 69.1 Å². The van der Waals surface area contributed by atoms with E-state index in [1.165, 1.54) is 54.9 Å². The van der Waals surface area contributed by atoms with Crippen molar-refractivity contribution in [2.24, 2.45) is 0 Å². The standard InChI is InChI=1S/2C17H15.C2H6Si.4ClH.2Zr/c2*1-2-13-11-15-9-6-10-16(17(15)12-13)14-7-4-3-5-8-14;1-3-2;;;;;;/h2*3-12H,2H2,1H3;1-2H3;4*1H;;/q2*-1;;;;;;+2;+4/p-4. The Morgan fingerprint density at radius 3 is 1.16 bits per heavy atom. The van der Waals surface area contributed by atoms with Crippen LogP contribution in [0.15, 0.2) is 121 Å². The van der Waals surface area contributed by atoms with Crippen molar-refractivity contribution in [1.82, 2.24) is 0 Å². The Morgan fingerprint density at radius 2 is 0.860 bits per heavy atom. The van der Waals surface area contributed by atoms with Crippen LogP contribution in [-0.4, -0.2) is 5.43 Å². The van der Waals surface area contributed by atoms with Crippen LogP contribution < -0.4 is 49.6 Å². The number of benzene rings is 4. The second-order valence-electron chi connectivity index (χ2n) is 9.78.